The van der Waals surface area contributed by atoms with Gasteiger partial charge in [-0.05, 0) is 46.5 Å². The summed E-state index contributed by atoms with van der Waals surface area (Å²) in [6.45, 7) is 6.10. The maximum atomic E-state index is 6.05. The van der Waals surface area contributed by atoms with Crippen LogP contribution >= 0.6 is 0 Å². The van der Waals surface area contributed by atoms with Gasteiger partial charge in [-0.25, -0.2) is 0 Å². The van der Waals surface area contributed by atoms with E-state index in [1.807, 2.05) is 6.07 Å². The predicted octanol–water partition coefficient (Wildman–Crippen LogP) is 2.57. The van der Waals surface area contributed by atoms with Crippen LogP contribution in [0.5, 0.6) is 5.75 Å². The molecule has 18 heavy (non-hydrogen) atoms. The van der Waals surface area contributed by atoms with Crippen LogP contribution < -0.4 is 10.5 Å². The first-order valence-corrected chi connectivity index (χ1v) is 6.72. The van der Waals surface area contributed by atoms with Gasteiger partial charge in [-0.1, -0.05) is 18.2 Å². The summed E-state index contributed by atoms with van der Waals surface area (Å²) in [5.41, 5.74) is 6.80. The van der Waals surface area contributed by atoms with E-state index in [1.165, 1.54) is 5.56 Å². The van der Waals surface area contributed by atoms with Gasteiger partial charge in [-0.15, -0.1) is 0 Å². The zero-order chi connectivity index (χ0) is 13.2. The van der Waals surface area contributed by atoms with Crippen LogP contribution in [0.25, 0.3) is 0 Å². The first kappa shape index (κ1) is 13.4. The van der Waals surface area contributed by atoms with Crippen molar-refractivity contribution in [2.24, 2.45) is 5.73 Å². The molecular formula is C15H24N2O. The molecule has 1 atom stereocenters. The van der Waals surface area contributed by atoms with Crippen LogP contribution in [0.15, 0.2) is 24.3 Å². The summed E-state index contributed by atoms with van der Waals surface area (Å²) in [6, 6.07) is 8.80. The minimum absolute atomic E-state index is 0.101. The zero-order valence-corrected chi connectivity index (χ0v) is 11.6. The molecule has 0 aromatic heterocycles. The maximum Gasteiger partial charge on any atom is 0.124 e. The Kier molecular flexibility index (Phi) is 3.93. The van der Waals surface area contributed by atoms with Crippen molar-refractivity contribution >= 4 is 0 Å². The van der Waals surface area contributed by atoms with Crippen molar-refractivity contribution in [2.45, 2.75) is 38.3 Å². The summed E-state index contributed by atoms with van der Waals surface area (Å²) >= 11 is 0. The fourth-order valence-electron chi connectivity index (χ4n) is 2.65. The molecule has 3 heteroatoms. The van der Waals surface area contributed by atoms with E-state index in [9.17, 15) is 0 Å². The van der Waals surface area contributed by atoms with Gasteiger partial charge in [0.25, 0.3) is 0 Å². The van der Waals surface area contributed by atoms with Gasteiger partial charge >= 0.3 is 0 Å². The number of ether oxygens (including phenoxy) is 1. The zero-order valence-electron chi connectivity index (χ0n) is 11.6. The molecule has 0 fully saturated rings. The first-order chi connectivity index (χ1) is 8.53. The quantitative estimate of drug-likeness (QED) is 0.890. The van der Waals surface area contributed by atoms with Crippen molar-refractivity contribution in [3.63, 3.8) is 0 Å². The van der Waals surface area contributed by atoms with Crippen LogP contribution in [0.3, 0.4) is 0 Å². The molecule has 1 aromatic rings. The number of benzene rings is 1. The summed E-state index contributed by atoms with van der Waals surface area (Å²) in [7, 11) is 2.18. The Bertz CT molecular complexity index is 403. The average molecular weight is 248 g/mol. The standard InChI is InChI=1S/C15H24N2O/c1-15(2)11-13(17(3)10-6-9-16)12-7-4-5-8-14(12)18-15/h4-5,7-8,13H,6,9-11,16H2,1-3H3. The molecule has 0 aliphatic carbocycles. The lowest BCUT2D eigenvalue weighted by Crippen LogP contribution is -2.40. The number of nitrogens with two attached hydrogens (primary N) is 1. The molecule has 0 saturated heterocycles. The SMILES string of the molecule is CN(CCCN)C1CC(C)(C)Oc2ccccc21. The van der Waals surface area contributed by atoms with Crippen LogP contribution in [-0.2, 0) is 0 Å². The Balaban J connectivity index is 2.24. The highest BCUT2D eigenvalue weighted by molar-refractivity contribution is 5.38. The molecule has 0 spiro atoms. The molecule has 1 aliphatic heterocycles. The van der Waals surface area contributed by atoms with Gasteiger partial charge in [0.1, 0.15) is 11.4 Å². The van der Waals surface area contributed by atoms with Crippen molar-refractivity contribution in [1.82, 2.24) is 4.90 Å². The monoisotopic (exact) mass is 248 g/mol. The summed E-state index contributed by atoms with van der Waals surface area (Å²) in [5.74, 6) is 1.03. The highest BCUT2D eigenvalue weighted by Crippen LogP contribution is 2.41. The predicted molar refractivity (Wildman–Crippen MR) is 74.8 cm³/mol. The van der Waals surface area contributed by atoms with Crippen molar-refractivity contribution in [3.8, 4) is 5.75 Å². The summed E-state index contributed by atoms with van der Waals surface area (Å²) in [4.78, 5) is 2.40. The molecule has 3 nitrogen and oxygen atoms in total. The molecule has 0 bridgehead atoms. The Morgan fingerprint density at radius 1 is 1.39 bits per heavy atom. The van der Waals surface area contributed by atoms with Crippen LogP contribution in [0, 0.1) is 0 Å². The molecular weight excluding hydrogens is 224 g/mol. The molecule has 0 saturated carbocycles. The lowest BCUT2D eigenvalue weighted by molar-refractivity contribution is 0.0372. The lowest BCUT2D eigenvalue weighted by atomic mass is 9.89. The second-order valence-corrected chi connectivity index (χ2v) is 5.74. The first-order valence-electron chi connectivity index (χ1n) is 6.72. The van der Waals surface area contributed by atoms with E-state index in [2.05, 4.69) is 44.0 Å². The van der Waals surface area contributed by atoms with Gasteiger partial charge in [0, 0.05) is 18.0 Å². The highest BCUT2D eigenvalue weighted by atomic mass is 16.5. The summed E-state index contributed by atoms with van der Waals surface area (Å²) in [5, 5.41) is 0. The molecule has 0 amide bonds. The van der Waals surface area contributed by atoms with E-state index in [-0.39, 0.29) is 5.60 Å². The third-order valence-corrected chi connectivity index (χ3v) is 3.60. The third-order valence-electron chi connectivity index (χ3n) is 3.60. The van der Waals surface area contributed by atoms with E-state index in [0.717, 1.165) is 31.7 Å². The van der Waals surface area contributed by atoms with Gasteiger partial charge in [0.2, 0.25) is 0 Å². The highest BCUT2D eigenvalue weighted by Gasteiger charge is 2.35. The molecule has 1 heterocycles. The van der Waals surface area contributed by atoms with Crippen molar-refractivity contribution in [1.29, 1.82) is 0 Å². The molecule has 2 N–H and O–H groups in total. The number of fused-ring (bicyclic) bond motifs is 1. The van der Waals surface area contributed by atoms with Gasteiger partial charge in [0.05, 0.1) is 0 Å². The van der Waals surface area contributed by atoms with Crippen molar-refractivity contribution in [2.75, 3.05) is 20.1 Å². The average Bonchev–Trinajstić information content (AvgIpc) is 2.33. The molecule has 1 aliphatic rings. The van der Waals surface area contributed by atoms with Crippen LogP contribution in [0.1, 0.15) is 38.3 Å². The molecule has 100 valence electrons. The fourth-order valence-corrected chi connectivity index (χ4v) is 2.65. The smallest absolute Gasteiger partial charge is 0.124 e. The lowest BCUT2D eigenvalue weighted by Gasteiger charge is -2.41. The minimum atomic E-state index is -0.101. The molecule has 0 radical (unpaired) electrons. The Labute approximate surface area is 110 Å². The van der Waals surface area contributed by atoms with E-state index < -0.39 is 0 Å². The van der Waals surface area contributed by atoms with Gasteiger partial charge in [-0.2, -0.15) is 0 Å². The molecule has 1 unspecified atom stereocenters. The maximum absolute atomic E-state index is 6.05. The molecule has 2 rings (SSSR count). The Morgan fingerprint density at radius 2 is 2.11 bits per heavy atom. The van der Waals surface area contributed by atoms with Crippen molar-refractivity contribution < 1.29 is 4.74 Å². The fraction of sp³-hybridized carbons (Fsp3) is 0.600. The summed E-state index contributed by atoms with van der Waals surface area (Å²) in [6.07, 6.45) is 2.06. The van der Waals surface area contributed by atoms with Gasteiger partial charge in [0.15, 0.2) is 0 Å². The van der Waals surface area contributed by atoms with Crippen LogP contribution in [0.4, 0.5) is 0 Å². The van der Waals surface area contributed by atoms with Crippen LogP contribution in [-0.4, -0.2) is 30.6 Å². The molecule has 1 aromatic carbocycles. The van der Waals surface area contributed by atoms with Crippen molar-refractivity contribution in [3.05, 3.63) is 29.8 Å². The van der Waals surface area contributed by atoms with E-state index in [4.69, 9.17) is 10.5 Å². The van der Waals surface area contributed by atoms with Gasteiger partial charge in [-0.3, -0.25) is 4.90 Å². The van der Waals surface area contributed by atoms with Gasteiger partial charge < -0.3 is 10.5 Å². The van der Waals surface area contributed by atoms with E-state index >= 15 is 0 Å². The second kappa shape index (κ2) is 5.29. The summed E-state index contributed by atoms with van der Waals surface area (Å²) < 4.78 is 6.05. The topological polar surface area (TPSA) is 38.5 Å². The second-order valence-electron chi connectivity index (χ2n) is 5.74. The van der Waals surface area contributed by atoms with E-state index in [1.54, 1.807) is 0 Å². The Hall–Kier alpha value is -1.06. The van der Waals surface area contributed by atoms with E-state index in [0.29, 0.717) is 6.04 Å². The Morgan fingerprint density at radius 3 is 2.83 bits per heavy atom. The largest absolute Gasteiger partial charge is 0.487 e. The normalized spacial score (nSPS) is 21.5. The number of para-hydroxylation sites is 1. The van der Waals surface area contributed by atoms with Crippen LogP contribution in [0.2, 0.25) is 0 Å². The number of hydrogen-bond donors (Lipinski definition) is 1. The number of nitrogens with zero attached hydrogens (tertiary/aromatic N) is 1. The number of hydrogen-bond acceptors (Lipinski definition) is 3. The minimum Gasteiger partial charge on any atom is -0.487 e. The third kappa shape index (κ3) is 2.85. The number of rotatable bonds is 4.